The lowest BCUT2D eigenvalue weighted by Crippen LogP contribution is -2.32. The van der Waals surface area contributed by atoms with Crippen LogP contribution in [0, 0.1) is 18.7 Å². The van der Waals surface area contributed by atoms with E-state index in [1.165, 1.54) is 36.2 Å². The zero-order valence-corrected chi connectivity index (χ0v) is 28.7. The molecule has 7 heteroatoms. The first-order chi connectivity index (χ1) is 22.3. The Morgan fingerprint density at radius 1 is 1.17 bits per heavy atom. The van der Waals surface area contributed by atoms with Crippen LogP contribution in [0.25, 0.3) is 16.6 Å². The summed E-state index contributed by atoms with van der Waals surface area (Å²) in [5.41, 5.74) is 10.0. The van der Waals surface area contributed by atoms with Gasteiger partial charge in [-0.25, -0.2) is 13.9 Å². The number of hydrogen-bond acceptors (Lipinski definition) is 4. The molecule has 1 atom stereocenters. The number of pyridine rings is 1. The van der Waals surface area contributed by atoms with E-state index >= 15 is 4.39 Å². The van der Waals surface area contributed by atoms with Crippen molar-refractivity contribution >= 4 is 28.5 Å². The highest BCUT2D eigenvalue weighted by atomic mass is 19.1. The molecule has 6 rings (SSSR count). The molecule has 2 aromatic heterocycles. The third kappa shape index (κ3) is 6.57. The number of rotatable bonds is 9. The smallest absolute Gasteiger partial charge is 0.170 e. The molecule has 1 saturated heterocycles. The molecular weight excluding hydrogens is 571 g/mol. The van der Waals surface area contributed by atoms with Crippen molar-refractivity contribution in [2.45, 2.75) is 72.3 Å². The molecule has 3 aromatic rings. The molecule has 1 aromatic carbocycles. The predicted octanol–water partition coefficient (Wildman–Crippen LogP) is 7.73. The topological polar surface area (TPSA) is 39.3 Å². The van der Waals surface area contributed by atoms with Crippen LogP contribution in [-0.2, 0) is 7.05 Å². The average molecular weight is 624 g/mol. The van der Waals surface area contributed by atoms with Gasteiger partial charge in [0.05, 0.1) is 5.69 Å². The molecule has 3 aliphatic rings. The van der Waals surface area contributed by atoms with E-state index in [9.17, 15) is 0 Å². The fourth-order valence-electron chi connectivity index (χ4n) is 7.76. The van der Waals surface area contributed by atoms with Crippen molar-refractivity contribution in [2.24, 2.45) is 13.0 Å². The van der Waals surface area contributed by atoms with Crippen LogP contribution in [0.15, 0.2) is 60.1 Å². The van der Waals surface area contributed by atoms with E-state index in [2.05, 4.69) is 109 Å². The molecule has 0 spiro atoms. The lowest BCUT2D eigenvalue weighted by molar-refractivity contribution is -0.536. The maximum Gasteiger partial charge on any atom is 0.170 e. The van der Waals surface area contributed by atoms with Gasteiger partial charge in [-0.3, -0.25) is 4.90 Å². The third-order valence-electron chi connectivity index (χ3n) is 10.7. The summed E-state index contributed by atoms with van der Waals surface area (Å²) in [5, 5.41) is 4.67. The number of allylic oxidation sites excluding steroid dienone is 1. The Labute approximate surface area is 275 Å². The van der Waals surface area contributed by atoms with Gasteiger partial charge < -0.3 is 14.8 Å². The van der Waals surface area contributed by atoms with Crippen molar-refractivity contribution in [1.82, 2.24) is 19.8 Å². The SMILES string of the molecule is CCC1=C(/C=C\N(C)c2ccnc3c2cc(C(C)N2CC=C(c4c(C)cc(C=[N+]5CCC(CC)CC5)cc4F)CC2)n3C)NCC1. The summed E-state index contributed by atoms with van der Waals surface area (Å²) < 4.78 is 20.2. The fraction of sp³-hybridized carbons (Fsp3) is 0.487. The van der Waals surface area contributed by atoms with Gasteiger partial charge >= 0.3 is 0 Å². The van der Waals surface area contributed by atoms with Crippen LogP contribution < -0.4 is 10.2 Å². The molecule has 6 nitrogen and oxygen atoms in total. The first-order valence-corrected chi connectivity index (χ1v) is 17.4. The second-order valence-electron chi connectivity index (χ2n) is 13.5. The van der Waals surface area contributed by atoms with Gasteiger partial charge in [0, 0.05) is 92.9 Å². The molecule has 0 bridgehead atoms. The normalized spacial score (nSPS) is 20.0. The van der Waals surface area contributed by atoms with Crippen molar-refractivity contribution in [1.29, 1.82) is 0 Å². The molecule has 1 unspecified atom stereocenters. The van der Waals surface area contributed by atoms with Crippen LogP contribution >= 0.6 is 0 Å². The number of fused-ring (bicyclic) bond motifs is 1. The summed E-state index contributed by atoms with van der Waals surface area (Å²) >= 11 is 0. The molecule has 0 amide bonds. The maximum atomic E-state index is 15.6. The van der Waals surface area contributed by atoms with Crippen molar-refractivity contribution in [2.75, 3.05) is 44.7 Å². The van der Waals surface area contributed by atoms with Gasteiger partial charge in [0.15, 0.2) is 6.21 Å². The summed E-state index contributed by atoms with van der Waals surface area (Å²) in [6.07, 6.45) is 17.4. The van der Waals surface area contributed by atoms with Gasteiger partial charge in [-0.15, -0.1) is 0 Å². The lowest BCUT2D eigenvalue weighted by Gasteiger charge is -2.32. The van der Waals surface area contributed by atoms with Gasteiger partial charge in [-0.1, -0.05) is 26.3 Å². The number of aromatic nitrogens is 2. The van der Waals surface area contributed by atoms with Crippen LogP contribution in [0.3, 0.4) is 0 Å². The van der Waals surface area contributed by atoms with E-state index in [1.807, 2.05) is 6.20 Å². The maximum absolute atomic E-state index is 15.6. The Hall–Kier alpha value is -3.71. The molecule has 244 valence electrons. The first-order valence-electron chi connectivity index (χ1n) is 17.4. The van der Waals surface area contributed by atoms with Crippen molar-refractivity contribution in [3.63, 3.8) is 0 Å². The van der Waals surface area contributed by atoms with Crippen LogP contribution in [0.1, 0.15) is 87.7 Å². The minimum atomic E-state index is -0.0983. The fourth-order valence-corrected chi connectivity index (χ4v) is 7.76. The number of benzene rings is 1. The quantitative estimate of drug-likeness (QED) is 0.248. The lowest BCUT2D eigenvalue weighted by atomic mass is 9.92. The summed E-state index contributed by atoms with van der Waals surface area (Å²) in [6.45, 7) is 13.7. The van der Waals surface area contributed by atoms with Crippen LogP contribution in [0.4, 0.5) is 10.1 Å². The number of piperidine rings is 1. The molecule has 46 heavy (non-hydrogen) atoms. The summed E-state index contributed by atoms with van der Waals surface area (Å²) in [4.78, 5) is 9.45. The summed E-state index contributed by atoms with van der Waals surface area (Å²) in [6, 6.07) is 8.50. The molecule has 0 aliphatic carbocycles. The first kappa shape index (κ1) is 32.2. The molecule has 0 radical (unpaired) electrons. The summed E-state index contributed by atoms with van der Waals surface area (Å²) in [5.74, 6) is 0.736. The Morgan fingerprint density at radius 3 is 2.67 bits per heavy atom. The van der Waals surface area contributed by atoms with E-state index < -0.39 is 0 Å². The minimum absolute atomic E-state index is 0.0983. The second-order valence-corrected chi connectivity index (χ2v) is 13.5. The highest BCUT2D eigenvalue weighted by molar-refractivity contribution is 5.91. The van der Waals surface area contributed by atoms with Gasteiger partial charge in [0.2, 0.25) is 0 Å². The van der Waals surface area contributed by atoms with Gasteiger partial charge in [-0.2, -0.15) is 0 Å². The minimum Gasteiger partial charge on any atom is -0.385 e. The van der Waals surface area contributed by atoms with E-state index in [0.29, 0.717) is 0 Å². The molecule has 0 saturated carbocycles. The Balaban J connectivity index is 1.17. The Morgan fingerprint density at radius 2 is 1.98 bits per heavy atom. The molecule has 3 aliphatic heterocycles. The highest BCUT2D eigenvalue weighted by Gasteiger charge is 2.26. The third-order valence-corrected chi connectivity index (χ3v) is 10.7. The highest BCUT2D eigenvalue weighted by Crippen LogP contribution is 2.35. The molecule has 1 fully saturated rings. The molecule has 1 N–H and O–H groups in total. The zero-order chi connectivity index (χ0) is 32.4. The number of halogens is 1. The number of nitrogens with zero attached hydrogens (tertiary/aromatic N) is 5. The monoisotopic (exact) mass is 623 g/mol. The number of nitrogens with one attached hydrogen (secondary N) is 1. The van der Waals surface area contributed by atoms with Crippen LogP contribution in [-0.4, -0.2) is 65.0 Å². The molecule has 5 heterocycles. The van der Waals surface area contributed by atoms with E-state index in [-0.39, 0.29) is 11.9 Å². The predicted molar refractivity (Wildman–Crippen MR) is 190 cm³/mol. The van der Waals surface area contributed by atoms with Gasteiger partial charge in [0.25, 0.3) is 0 Å². The zero-order valence-electron chi connectivity index (χ0n) is 28.7. The van der Waals surface area contributed by atoms with Crippen LogP contribution in [0.5, 0.6) is 0 Å². The van der Waals surface area contributed by atoms with E-state index in [0.717, 1.165) is 96.9 Å². The Bertz CT molecular complexity index is 1680. The van der Waals surface area contributed by atoms with Crippen molar-refractivity contribution in [3.05, 3.63) is 88.3 Å². The molecular formula is C39H52FN6+. The standard InChI is InChI=1S/C39H52FN6/c1-7-29-11-19-45(20-12-29)26-30-23-27(3)38(34(40)24-30)32-13-21-46(22-14-32)28(4)37-25-33-36(10-17-42-39(33)44(37)6)43(5)18-15-35-31(8-2)9-16-41-35/h10,13,15,17-18,23-26,28-29,41H,7-9,11-12,14,16,19-22H2,1-6H3/q+1/b18-15-,45-26?. The number of hydrogen-bond donors (Lipinski definition) is 1. The van der Waals surface area contributed by atoms with Crippen LogP contribution in [0.2, 0.25) is 0 Å². The summed E-state index contributed by atoms with van der Waals surface area (Å²) in [7, 11) is 4.23. The van der Waals surface area contributed by atoms with E-state index in [1.54, 1.807) is 6.07 Å². The van der Waals surface area contributed by atoms with E-state index in [4.69, 9.17) is 4.98 Å². The van der Waals surface area contributed by atoms with Gasteiger partial charge in [-0.05, 0) is 86.1 Å². The number of aryl methyl sites for hydroxylation is 2. The largest absolute Gasteiger partial charge is 0.385 e. The van der Waals surface area contributed by atoms with Crippen molar-refractivity contribution < 1.29 is 8.97 Å². The average Bonchev–Trinajstić information content (AvgIpc) is 3.67. The Kier molecular flexibility index (Phi) is 9.78. The van der Waals surface area contributed by atoms with Crippen molar-refractivity contribution in [3.8, 4) is 0 Å². The van der Waals surface area contributed by atoms with Gasteiger partial charge in [0.1, 0.15) is 24.6 Å². The number of anilines is 1. The second kappa shape index (κ2) is 14.0.